The van der Waals surface area contributed by atoms with Crippen LogP contribution >= 0.6 is 0 Å². The topological polar surface area (TPSA) is 91.7 Å². The predicted octanol–water partition coefficient (Wildman–Crippen LogP) is 4.22. The highest BCUT2D eigenvalue weighted by molar-refractivity contribution is 6.09. The van der Waals surface area contributed by atoms with Crippen molar-refractivity contribution in [1.29, 1.82) is 0 Å². The molecule has 2 aromatic rings. The van der Waals surface area contributed by atoms with Crippen LogP contribution in [-0.4, -0.2) is 27.9 Å². The molecule has 0 unspecified atom stereocenters. The first-order chi connectivity index (χ1) is 12.9. The molecule has 0 saturated heterocycles. The van der Waals surface area contributed by atoms with E-state index in [0.717, 1.165) is 11.1 Å². The van der Waals surface area contributed by atoms with Crippen LogP contribution in [0.25, 0.3) is 0 Å². The molecule has 0 aliphatic carbocycles. The van der Waals surface area contributed by atoms with Crippen molar-refractivity contribution in [3.63, 3.8) is 0 Å². The van der Waals surface area contributed by atoms with Gasteiger partial charge in [0.2, 0.25) is 0 Å². The molecule has 0 spiro atoms. The minimum absolute atomic E-state index is 0.176. The predicted molar refractivity (Wildman–Crippen MR) is 107 cm³/mol. The van der Waals surface area contributed by atoms with Gasteiger partial charge >= 0.3 is 11.9 Å². The summed E-state index contributed by atoms with van der Waals surface area (Å²) in [5.74, 6) is -1.96. The number of hydrogen-bond acceptors (Lipinski definition) is 3. The molecule has 0 aromatic heterocycles. The Labute approximate surface area is 165 Å². The Morgan fingerprint density at radius 1 is 0.714 bits per heavy atom. The molecule has 2 N–H and O–H groups in total. The van der Waals surface area contributed by atoms with Crippen LogP contribution in [0, 0.1) is 10.8 Å². The van der Waals surface area contributed by atoms with Gasteiger partial charge in [0.1, 0.15) is 0 Å². The molecule has 148 valence electrons. The van der Waals surface area contributed by atoms with Crippen molar-refractivity contribution in [2.24, 2.45) is 10.8 Å². The number of benzene rings is 2. The zero-order valence-electron chi connectivity index (χ0n) is 16.7. The van der Waals surface area contributed by atoms with Crippen LogP contribution in [0.5, 0.6) is 0 Å². The van der Waals surface area contributed by atoms with Crippen molar-refractivity contribution >= 4 is 17.7 Å². The van der Waals surface area contributed by atoms with E-state index in [1.807, 2.05) is 12.1 Å². The third kappa shape index (κ3) is 5.06. The summed E-state index contributed by atoms with van der Waals surface area (Å²) >= 11 is 0. The summed E-state index contributed by atoms with van der Waals surface area (Å²) in [5.41, 5.74) is 0.665. The lowest BCUT2D eigenvalue weighted by Gasteiger charge is -2.19. The molecule has 5 heteroatoms. The van der Waals surface area contributed by atoms with Crippen molar-refractivity contribution in [2.45, 2.75) is 40.5 Å². The van der Waals surface area contributed by atoms with Gasteiger partial charge in [-0.25, -0.2) is 0 Å². The van der Waals surface area contributed by atoms with Gasteiger partial charge in [-0.15, -0.1) is 0 Å². The van der Waals surface area contributed by atoms with Gasteiger partial charge in [0.05, 0.1) is 10.8 Å². The maximum atomic E-state index is 12.9. The van der Waals surface area contributed by atoms with Gasteiger partial charge in [0.25, 0.3) is 0 Å². The van der Waals surface area contributed by atoms with Crippen LogP contribution in [0.1, 0.15) is 54.7 Å². The van der Waals surface area contributed by atoms with E-state index in [2.05, 4.69) is 0 Å². The maximum Gasteiger partial charge on any atom is 0.309 e. The van der Waals surface area contributed by atoms with E-state index < -0.39 is 22.8 Å². The average Bonchev–Trinajstić information content (AvgIpc) is 2.60. The second kappa shape index (κ2) is 7.97. The van der Waals surface area contributed by atoms with Gasteiger partial charge in [-0.2, -0.15) is 0 Å². The van der Waals surface area contributed by atoms with Crippen molar-refractivity contribution in [3.8, 4) is 0 Å². The summed E-state index contributed by atoms with van der Waals surface area (Å²) in [6.07, 6.45) is 0.632. The van der Waals surface area contributed by atoms with Crippen LogP contribution in [0.15, 0.2) is 48.5 Å². The number of hydrogen-bond donors (Lipinski definition) is 2. The first kappa shape index (κ1) is 21.4. The summed E-state index contributed by atoms with van der Waals surface area (Å²) in [6, 6.07) is 14.0. The number of carboxylic acid groups (broad SMARTS) is 2. The fourth-order valence-corrected chi connectivity index (χ4v) is 2.98. The molecule has 0 radical (unpaired) electrons. The number of rotatable bonds is 8. The summed E-state index contributed by atoms with van der Waals surface area (Å²) in [7, 11) is 0. The zero-order chi connectivity index (χ0) is 21.1. The second-order valence-corrected chi connectivity index (χ2v) is 8.46. The highest BCUT2D eigenvalue weighted by atomic mass is 16.4. The first-order valence-electron chi connectivity index (χ1n) is 9.12. The number of aliphatic carboxylic acids is 2. The van der Waals surface area contributed by atoms with E-state index in [1.54, 1.807) is 64.1 Å². The molecule has 0 fully saturated rings. The van der Waals surface area contributed by atoms with E-state index >= 15 is 0 Å². The van der Waals surface area contributed by atoms with Gasteiger partial charge in [0.15, 0.2) is 5.78 Å². The smallest absolute Gasteiger partial charge is 0.309 e. The monoisotopic (exact) mass is 382 g/mol. The van der Waals surface area contributed by atoms with E-state index in [1.165, 1.54) is 0 Å². The Kier molecular flexibility index (Phi) is 6.07. The zero-order valence-corrected chi connectivity index (χ0v) is 16.7. The Hall–Kier alpha value is -2.95. The highest BCUT2D eigenvalue weighted by Crippen LogP contribution is 2.25. The molecule has 2 rings (SSSR count). The summed E-state index contributed by atoms with van der Waals surface area (Å²) < 4.78 is 0. The lowest BCUT2D eigenvalue weighted by molar-refractivity contribution is -0.147. The minimum Gasteiger partial charge on any atom is -0.481 e. The Morgan fingerprint density at radius 3 is 1.39 bits per heavy atom. The van der Waals surface area contributed by atoms with Crippen LogP contribution in [0.4, 0.5) is 0 Å². The summed E-state index contributed by atoms with van der Waals surface area (Å²) in [5, 5.41) is 18.6. The van der Waals surface area contributed by atoms with Crippen molar-refractivity contribution < 1.29 is 24.6 Å². The van der Waals surface area contributed by atoms with Crippen molar-refractivity contribution in [1.82, 2.24) is 0 Å². The lowest BCUT2D eigenvalue weighted by atomic mass is 9.84. The molecule has 0 bridgehead atoms. The molecule has 0 atom stereocenters. The van der Waals surface area contributed by atoms with Gasteiger partial charge in [-0.3, -0.25) is 14.4 Å². The minimum atomic E-state index is -0.927. The molecule has 0 aliphatic rings. The van der Waals surface area contributed by atoms with Crippen LogP contribution in [0.3, 0.4) is 0 Å². The Bertz CT molecular complexity index is 835. The lowest BCUT2D eigenvalue weighted by Crippen LogP contribution is -2.26. The SMILES string of the molecule is CC(C)(Cc1cccc(C(=O)c2cccc(CC(C)(C)C(=O)O)c2)c1)C(=O)O. The number of carbonyl (C=O) groups is 3. The molecule has 0 aliphatic heterocycles. The van der Waals surface area contributed by atoms with E-state index in [-0.39, 0.29) is 5.78 Å². The van der Waals surface area contributed by atoms with Crippen LogP contribution < -0.4 is 0 Å². The first-order valence-corrected chi connectivity index (χ1v) is 9.12. The molecular formula is C23H26O5. The van der Waals surface area contributed by atoms with Gasteiger partial charge in [-0.05, 0) is 63.8 Å². The van der Waals surface area contributed by atoms with Crippen molar-refractivity contribution in [3.05, 3.63) is 70.8 Å². The molecule has 28 heavy (non-hydrogen) atoms. The third-order valence-corrected chi connectivity index (χ3v) is 4.83. The van der Waals surface area contributed by atoms with E-state index in [9.17, 15) is 24.6 Å². The van der Waals surface area contributed by atoms with Gasteiger partial charge < -0.3 is 10.2 Å². The van der Waals surface area contributed by atoms with Gasteiger partial charge in [-0.1, -0.05) is 36.4 Å². The van der Waals surface area contributed by atoms with E-state index in [4.69, 9.17) is 0 Å². The molecule has 5 nitrogen and oxygen atoms in total. The summed E-state index contributed by atoms with van der Waals surface area (Å²) in [4.78, 5) is 35.6. The molecular weight excluding hydrogens is 356 g/mol. The molecule has 0 amide bonds. The fourth-order valence-electron chi connectivity index (χ4n) is 2.98. The second-order valence-electron chi connectivity index (χ2n) is 8.46. The maximum absolute atomic E-state index is 12.9. The number of ketones is 1. The number of carbonyl (C=O) groups excluding carboxylic acids is 1. The standard InChI is InChI=1S/C23H26O5/c1-22(2,20(25)26)13-15-7-5-9-17(11-15)19(24)18-10-6-8-16(12-18)14-23(3,4)21(27)28/h5-12H,13-14H2,1-4H3,(H,25,26)(H,27,28). The average molecular weight is 382 g/mol. The Morgan fingerprint density at radius 2 is 1.07 bits per heavy atom. The third-order valence-electron chi connectivity index (χ3n) is 4.83. The normalized spacial score (nSPS) is 11.9. The molecule has 0 saturated carbocycles. The molecule has 0 heterocycles. The fraction of sp³-hybridized carbons (Fsp3) is 0.348. The highest BCUT2D eigenvalue weighted by Gasteiger charge is 2.28. The van der Waals surface area contributed by atoms with E-state index in [0.29, 0.717) is 24.0 Å². The van der Waals surface area contributed by atoms with Crippen LogP contribution in [0.2, 0.25) is 0 Å². The number of carboxylic acids is 2. The van der Waals surface area contributed by atoms with Gasteiger partial charge in [0, 0.05) is 11.1 Å². The largest absolute Gasteiger partial charge is 0.481 e. The molecule has 2 aromatic carbocycles. The quantitative estimate of drug-likeness (QED) is 0.667. The van der Waals surface area contributed by atoms with Crippen molar-refractivity contribution in [2.75, 3.05) is 0 Å². The Balaban J connectivity index is 2.27. The summed E-state index contributed by atoms with van der Waals surface area (Å²) in [6.45, 7) is 6.60. The van der Waals surface area contributed by atoms with Crippen LogP contribution in [-0.2, 0) is 22.4 Å².